The Bertz CT molecular complexity index is 921. The van der Waals surface area contributed by atoms with E-state index in [1.165, 1.54) is 23.5 Å². The van der Waals surface area contributed by atoms with E-state index in [4.69, 9.17) is 33.9 Å². The molecule has 268 valence electrons. The molecule has 3 aliphatic heterocycles. The molecule has 8 N–H and O–H groups in total. The first-order valence-corrected chi connectivity index (χ1v) is 18.9. The summed E-state index contributed by atoms with van der Waals surface area (Å²) in [5.74, 6) is -0.914. The molecule has 0 aromatic heterocycles. The molecule has 3 fully saturated rings. The SMILES string of the molecule is CCCSCC1CC(O)CC(OC2C(CSCCC(=O)O)OC(OC3C(CSCCC(=O)O)OC(O)C(CO)C3O)C(O)C2O)O1. The molecular weight excluding hydrogens is 672 g/mol. The highest BCUT2D eigenvalue weighted by molar-refractivity contribution is 7.99. The van der Waals surface area contributed by atoms with Gasteiger partial charge in [0.05, 0.1) is 55.9 Å². The summed E-state index contributed by atoms with van der Waals surface area (Å²) in [7, 11) is 0. The second-order valence-corrected chi connectivity index (χ2v) is 14.9. The Morgan fingerprint density at radius 1 is 0.739 bits per heavy atom. The highest BCUT2D eigenvalue weighted by Crippen LogP contribution is 2.35. The summed E-state index contributed by atoms with van der Waals surface area (Å²) in [5, 5.41) is 82.1. The van der Waals surface area contributed by atoms with E-state index in [0.29, 0.717) is 12.2 Å². The summed E-state index contributed by atoms with van der Waals surface area (Å²) < 4.78 is 29.9. The number of carboxylic acids is 2. The third-order valence-corrected chi connectivity index (χ3v) is 11.2. The summed E-state index contributed by atoms with van der Waals surface area (Å²) in [6, 6.07) is 0. The highest BCUT2D eigenvalue weighted by Gasteiger charge is 2.51. The van der Waals surface area contributed by atoms with E-state index in [2.05, 4.69) is 6.92 Å². The van der Waals surface area contributed by atoms with Crippen LogP contribution in [0.15, 0.2) is 0 Å². The molecule has 3 saturated heterocycles. The predicted molar refractivity (Wildman–Crippen MR) is 169 cm³/mol. The number of hydrogen-bond donors (Lipinski definition) is 8. The lowest BCUT2D eigenvalue weighted by Crippen LogP contribution is -2.64. The molecule has 46 heavy (non-hydrogen) atoms. The van der Waals surface area contributed by atoms with Gasteiger partial charge in [0.15, 0.2) is 18.9 Å². The molecule has 3 rings (SSSR count). The molecule has 0 amide bonds. The van der Waals surface area contributed by atoms with Crippen LogP contribution in [-0.4, -0.2) is 168 Å². The van der Waals surface area contributed by atoms with E-state index in [9.17, 15) is 40.2 Å². The molecule has 13 unspecified atom stereocenters. The quantitative estimate of drug-likeness (QED) is 0.0771. The minimum Gasteiger partial charge on any atom is -0.481 e. The smallest absolute Gasteiger partial charge is 0.304 e. The molecule has 0 saturated carbocycles. The van der Waals surface area contributed by atoms with Crippen LogP contribution >= 0.6 is 35.3 Å². The minimum absolute atomic E-state index is 0.0921. The number of rotatable bonds is 19. The number of aliphatic hydroxyl groups excluding tert-OH is 6. The van der Waals surface area contributed by atoms with Crippen molar-refractivity contribution in [3.63, 3.8) is 0 Å². The number of thioether (sulfide) groups is 3. The monoisotopic (exact) mass is 720 g/mol. The Labute approximate surface area is 280 Å². The Balaban J connectivity index is 1.75. The highest BCUT2D eigenvalue weighted by atomic mass is 32.2. The fourth-order valence-corrected chi connectivity index (χ4v) is 8.27. The van der Waals surface area contributed by atoms with Crippen LogP contribution in [0.3, 0.4) is 0 Å². The topological polar surface area (TPSA) is 242 Å². The van der Waals surface area contributed by atoms with Crippen molar-refractivity contribution in [1.29, 1.82) is 0 Å². The number of hydrogen-bond acceptors (Lipinski definition) is 16. The Kier molecular flexibility index (Phi) is 17.6. The maximum absolute atomic E-state index is 11.3. The summed E-state index contributed by atoms with van der Waals surface area (Å²) >= 11 is 4.09. The van der Waals surface area contributed by atoms with Gasteiger partial charge in [-0.2, -0.15) is 35.3 Å². The van der Waals surface area contributed by atoms with E-state index in [1.54, 1.807) is 11.8 Å². The van der Waals surface area contributed by atoms with Gasteiger partial charge >= 0.3 is 11.9 Å². The first-order chi connectivity index (χ1) is 21.9. The van der Waals surface area contributed by atoms with Gasteiger partial charge in [-0.15, -0.1) is 0 Å². The number of aliphatic hydroxyl groups is 6. The Morgan fingerprint density at radius 2 is 1.33 bits per heavy atom. The molecular formula is C28H48O15S3. The summed E-state index contributed by atoms with van der Waals surface area (Å²) in [5.41, 5.74) is 0. The third-order valence-electron chi connectivity index (χ3n) is 7.75. The van der Waals surface area contributed by atoms with Gasteiger partial charge in [-0.3, -0.25) is 9.59 Å². The van der Waals surface area contributed by atoms with Crippen molar-refractivity contribution in [3.05, 3.63) is 0 Å². The number of aliphatic carboxylic acids is 2. The lowest BCUT2D eigenvalue weighted by Gasteiger charge is -2.48. The molecule has 3 aliphatic rings. The number of ether oxygens (including phenoxy) is 5. The zero-order valence-corrected chi connectivity index (χ0v) is 28.1. The van der Waals surface area contributed by atoms with Gasteiger partial charge in [0.1, 0.15) is 24.4 Å². The third kappa shape index (κ3) is 12.2. The van der Waals surface area contributed by atoms with Gasteiger partial charge < -0.3 is 64.5 Å². The van der Waals surface area contributed by atoms with Crippen molar-refractivity contribution in [2.75, 3.05) is 41.1 Å². The fourth-order valence-electron chi connectivity index (χ4n) is 5.36. The summed E-state index contributed by atoms with van der Waals surface area (Å²) in [6.07, 6.45) is -12.9. The van der Waals surface area contributed by atoms with Crippen molar-refractivity contribution in [2.45, 2.75) is 113 Å². The van der Waals surface area contributed by atoms with Crippen LogP contribution in [0.5, 0.6) is 0 Å². The Morgan fingerprint density at radius 3 is 1.91 bits per heavy atom. The van der Waals surface area contributed by atoms with Crippen molar-refractivity contribution < 1.29 is 74.1 Å². The first-order valence-electron chi connectivity index (χ1n) is 15.4. The van der Waals surface area contributed by atoms with Gasteiger partial charge in [-0.05, 0) is 12.2 Å². The molecule has 3 heterocycles. The summed E-state index contributed by atoms with van der Waals surface area (Å²) in [6.45, 7) is 1.41. The van der Waals surface area contributed by atoms with Gasteiger partial charge in [0.2, 0.25) is 0 Å². The molecule has 0 aromatic rings. The lowest BCUT2D eigenvalue weighted by atomic mass is 9.91. The average Bonchev–Trinajstić information content (AvgIpc) is 2.99. The Hall–Kier alpha value is -0.450. The zero-order valence-electron chi connectivity index (χ0n) is 25.7. The normalized spacial score (nSPS) is 38.5. The molecule has 15 nitrogen and oxygen atoms in total. The van der Waals surface area contributed by atoms with Crippen molar-refractivity contribution in [2.24, 2.45) is 5.92 Å². The standard InChI is InChI=1S/C28H48O15S3/c1-2-5-44-11-15-8-14(30)9-21(39-15)42-26-18(13-46-7-4-20(33)34)41-28(24(37)23(26)36)43-25-17(12-45-6-3-19(31)32)40-27(38)16(10-29)22(25)35/h14-18,21-30,35-38H,2-13H2,1H3,(H,31,32)(H,33,34). The largest absolute Gasteiger partial charge is 0.481 e. The maximum atomic E-state index is 11.3. The maximum Gasteiger partial charge on any atom is 0.304 e. The average molecular weight is 721 g/mol. The fraction of sp³-hybridized carbons (Fsp3) is 0.929. The molecule has 0 spiro atoms. The van der Waals surface area contributed by atoms with E-state index in [0.717, 1.165) is 12.2 Å². The van der Waals surface area contributed by atoms with Crippen LogP contribution in [0, 0.1) is 5.92 Å². The molecule has 0 aliphatic carbocycles. The zero-order chi connectivity index (χ0) is 33.8. The summed E-state index contributed by atoms with van der Waals surface area (Å²) in [4.78, 5) is 22.0. The van der Waals surface area contributed by atoms with Gasteiger partial charge in [0.25, 0.3) is 0 Å². The second kappa shape index (κ2) is 20.3. The van der Waals surface area contributed by atoms with E-state index in [1.807, 2.05) is 0 Å². The van der Waals surface area contributed by atoms with Crippen molar-refractivity contribution >= 4 is 47.2 Å². The molecule has 0 radical (unpaired) electrons. The first kappa shape index (κ1) is 40.0. The van der Waals surface area contributed by atoms with E-state index < -0.39 is 92.2 Å². The van der Waals surface area contributed by atoms with Gasteiger partial charge in [-0.25, -0.2) is 0 Å². The number of carboxylic acid groups (broad SMARTS) is 2. The number of carbonyl (C=O) groups is 2. The predicted octanol–water partition coefficient (Wildman–Crippen LogP) is -0.685. The van der Waals surface area contributed by atoms with Crippen LogP contribution in [0.2, 0.25) is 0 Å². The van der Waals surface area contributed by atoms with E-state index >= 15 is 0 Å². The van der Waals surface area contributed by atoms with Crippen LogP contribution in [0.1, 0.15) is 39.0 Å². The van der Waals surface area contributed by atoms with Crippen LogP contribution < -0.4 is 0 Å². The van der Waals surface area contributed by atoms with Crippen LogP contribution in [0.25, 0.3) is 0 Å². The van der Waals surface area contributed by atoms with Crippen LogP contribution in [0.4, 0.5) is 0 Å². The van der Waals surface area contributed by atoms with E-state index in [-0.39, 0.29) is 48.4 Å². The second-order valence-electron chi connectivity index (χ2n) is 11.5. The molecule has 0 aromatic carbocycles. The molecule has 18 heteroatoms. The van der Waals surface area contributed by atoms with Crippen molar-refractivity contribution in [3.8, 4) is 0 Å². The molecule has 0 bridgehead atoms. The van der Waals surface area contributed by atoms with Gasteiger partial charge in [0, 0.05) is 41.6 Å². The van der Waals surface area contributed by atoms with Gasteiger partial charge in [-0.1, -0.05) is 6.92 Å². The van der Waals surface area contributed by atoms with Crippen LogP contribution in [-0.2, 0) is 33.3 Å². The minimum atomic E-state index is -1.71. The van der Waals surface area contributed by atoms with Crippen molar-refractivity contribution in [1.82, 2.24) is 0 Å². The molecule has 13 atom stereocenters. The lowest BCUT2D eigenvalue weighted by molar-refractivity contribution is -0.357.